The molecule has 0 fully saturated rings. The van der Waals surface area contributed by atoms with Crippen LogP contribution in [0.2, 0.25) is 0 Å². The minimum atomic E-state index is -0.961. The lowest BCUT2D eigenvalue weighted by molar-refractivity contribution is -0.137. The summed E-state index contributed by atoms with van der Waals surface area (Å²) in [7, 11) is 0. The predicted octanol–water partition coefficient (Wildman–Crippen LogP) is 2.93. The first-order valence-electron chi connectivity index (χ1n) is 6.86. The van der Waals surface area contributed by atoms with Crippen LogP contribution < -0.4 is 5.32 Å². The fraction of sp³-hybridized carbons (Fsp3) is 0.176. The summed E-state index contributed by atoms with van der Waals surface area (Å²) in [6.07, 6.45) is 0. The standard InChI is InChI=1S/C17H17NO4/c1-12(16(19)20)18-15-9-5-8-14(10-15)17(21)22-11-13-6-3-2-4-7-13/h2-10,12,18H,11H2,1H3,(H,19,20)/t12-/m0/s1. The maximum absolute atomic E-state index is 12.0. The summed E-state index contributed by atoms with van der Waals surface area (Å²) in [6, 6.07) is 15.2. The number of anilines is 1. The van der Waals surface area contributed by atoms with Gasteiger partial charge in [0.25, 0.3) is 0 Å². The van der Waals surface area contributed by atoms with Gasteiger partial charge in [-0.25, -0.2) is 4.79 Å². The van der Waals surface area contributed by atoms with Gasteiger partial charge in [0.1, 0.15) is 12.6 Å². The molecule has 0 aromatic heterocycles. The Kier molecular flexibility index (Phi) is 5.14. The normalized spacial score (nSPS) is 11.5. The molecule has 0 aliphatic carbocycles. The van der Waals surface area contributed by atoms with Gasteiger partial charge in [-0.3, -0.25) is 4.79 Å². The van der Waals surface area contributed by atoms with Gasteiger partial charge in [-0.05, 0) is 30.7 Å². The highest BCUT2D eigenvalue weighted by Gasteiger charge is 2.12. The Bertz CT molecular complexity index is 655. The molecule has 0 bridgehead atoms. The van der Waals surface area contributed by atoms with Crippen molar-refractivity contribution in [1.82, 2.24) is 0 Å². The molecule has 0 saturated heterocycles. The lowest BCUT2D eigenvalue weighted by atomic mass is 10.2. The average Bonchev–Trinajstić information content (AvgIpc) is 2.53. The molecule has 5 nitrogen and oxygen atoms in total. The van der Waals surface area contributed by atoms with Gasteiger partial charge in [0.05, 0.1) is 5.56 Å². The molecule has 0 saturated carbocycles. The number of ether oxygens (including phenoxy) is 1. The number of benzene rings is 2. The molecule has 2 aromatic carbocycles. The Morgan fingerprint density at radius 2 is 1.86 bits per heavy atom. The first-order chi connectivity index (χ1) is 10.6. The van der Waals surface area contributed by atoms with Crippen LogP contribution in [0.5, 0.6) is 0 Å². The summed E-state index contributed by atoms with van der Waals surface area (Å²) in [6.45, 7) is 1.73. The maximum atomic E-state index is 12.0. The third-order valence-corrected chi connectivity index (χ3v) is 3.06. The zero-order chi connectivity index (χ0) is 15.9. The van der Waals surface area contributed by atoms with Crippen LogP contribution >= 0.6 is 0 Å². The largest absolute Gasteiger partial charge is 0.480 e. The van der Waals surface area contributed by atoms with Crippen LogP contribution in [-0.4, -0.2) is 23.1 Å². The fourth-order valence-corrected chi connectivity index (χ4v) is 1.85. The zero-order valence-electron chi connectivity index (χ0n) is 12.2. The fourth-order valence-electron chi connectivity index (χ4n) is 1.85. The molecule has 0 aliphatic rings. The third-order valence-electron chi connectivity index (χ3n) is 3.06. The summed E-state index contributed by atoms with van der Waals surface area (Å²) < 4.78 is 5.24. The van der Waals surface area contributed by atoms with Crippen molar-refractivity contribution in [2.24, 2.45) is 0 Å². The van der Waals surface area contributed by atoms with E-state index >= 15 is 0 Å². The molecule has 0 heterocycles. The van der Waals surface area contributed by atoms with Crippen LogP contribution in [0.4, 0.5) is 5.69 Å². The van der Waals surface area contributed by atoms with Gasteiger partial charge in [0.2, 0.25) is 0 Å². The number of esters is 1. The zero-order valence-corrected chi connectivity index (χ0v) is 12.2. The average molecular weight is 299 g/mol. The predicted molar refractivity (Wildman–Crippen MR) is 82.7 cm³/mol. The molecular formula is C17H17NO4. The quantitative estimate of drug-likeness (QED) is 0.802. The third kappa shape index (κ3) is 4.34. The number of carboxylic acid groups (broad SMARTS) is 1. The van der Waals surface area contributed by atoms with E-state index in [1.54, 1.807) is 24.3 Å². The summed E-state index contributed by atoms with van der Waals surface area (Å²) in [5, 5.41) is 11.7. The molecular weight excluding hydrogens is 282 g/mol. The maximum Gasteiger partial charge on any atom is 0.338 e. The number of hydrogen-bond acceptors (Lipinski definition) is 4. The SMILES string of the molecule is C[C@H](Nc1cccc(C(=O)OCc2ccccc2)c1)C(=O)O. The van der Waals surface area contributed by atoms with Crippen molar-refractivity contribution in [3.8, 4) is 0 Å². The number of hydrogen-bond donors (Lipinski definition) is 2. The van der Waals surface area contributed by atoms with Crippen LogP contribution in [0.25, 0.3) is 0 Å². The van der Waals surface area contributed by atoms with Gasteiger partial charge in [-0.15, -0.1) is 0 Å². The summed E-state index contributed by atoms with van der Waals surface area (Å²) in [5.41, 5.74) is 1.84. The molecule has 2 N–H and O–H groups in total. The number of carbonyl (C=O) groups is 2. The summed E-state index contributed by atoms with van der Waals surface area (Å²) in [4.78, 5) is 22.9. The molecule has 114 valence electrons. The first-order valence-corrected chi connectivity index (χ1v) is 6.86. The van der Waals surface area contributed by atoms with Crippen LogP contribution in [0.3, 0.4) is 0 Å². The van der Waals surface area contributed by atoms with E-state index in [4.69, 9.17) is 9.84 Å². The smallest absolute Gasteiger partial charge is 0.338 e. The molecule has 1 atom stereocenters. The molecule has 2 rings (SSSR count). The van der Waals surface area contributed by atoms with E-state index in [1.165, 1.54) is 6.92 Å². The Morgan fingerprint density at radius 3 is 2.55 bits per heavy atom. The molecule has 0 radical (unpaired) electrons. The summed E-state index contributed by atoms with van der Waals surface area (Å²) in [5.74, 6) is -1.41. The Hall–Kier alpha value is -2.82. The second-order valence-corrected chi connectivity index (χ2v) is 4.85. The molecule has 5 heteroatoms. The van der Waals surface area contributed by atoms with Crippen LogP contribution in [-0.2, 0) is 16.1 Å². The molecule has 0 aliphatic heterocycles. The molecule has 0 spiro atoms. The van der Waals surface area contributed by atoms with Gasteiger partial charge in [-0.2, -0.15) is 0 Å². The highest BCUT2D eigenvalue weighted by Crippen LogP contribution is 2.14. The minimum absolute atomic E-state index is 0.197. The van der Waals surface area contributed by atoms with E-state index in [2.05, 4.69) is 5.32 Å². The first kappa shape index (κ1) is 15.6. The van der Waals surface area contributed by atoms with E-state index in [-0.39, 0.29) is 6.61 Å². The van der Waals surface area contributed by atoms with Crippen molar-refractivity contribution in [3.63, 3.8) is 0 Å². The highest BCUT2D eigenvalue weighted by molar-refractivity contribution is 5.90. The van der Waals surface area contributed by atoms with Crippen molar-refractivity contribution in [1.29, 1.82) is 0 Å². The van der Waals surface area contributed by atoms with Crippen molar-refractivity contribution < 1.29 is 19.4 Å². The highest BCUT2D eigenvalue weighted by atomic mass is 16.5. The van der Waals surface area contributed by atoms with Crippen molar-refractivity contribution in [2.45, 2.75) is 19.6 Å². The van der Waals surface area contributed by atoms with Gasteiger partial charge < -0.3 is 15.2 Å². The van der Waals surface area contributed by atoms with Crippen LogP contribution in [0.15, 0.2) is 54.6 Å². The number of carbonyl (C=O) groups excluding carboxylic acids is 1. The lowest BCUT2D eigenvalue weighted by Gasteiger charge is -2.11. The van der Waals surface area contributed by atoms with Gasteiger partial charge in [0.15, 0.2) is 0 Å². The van der Waals surface area contributed by atoms with Gasteiger partial charge >= 0.3 is 11.9 Å². The van der Waals surface area contributed by atoms with Crippen LogP contribution in [0, 0.1) is 0 Å². The van der Waals surface area contributed by atoms with Crippen molar-refractivity contribution in [2.75, 3.05) is 5.32 Å². The molecule has 22 heavy (non-hydrogen) atoms. The van der Waals surface area contributed by atoms with E-state index in [0.717, 1.165) is 5.56 Å². The van der Waals surface area contributed by atoms with Crippen LogP contribution in [0.1, 0.15) is 22.8 Å². The monoisotopic (exact) mass is 299 g/mol. The molecule has 0 amide bonds. The van der Waals surface area contributed by atoms with E-state index in [9.17, 15) is 9.59 Å². The minimum Gasteiger partial charge on any atom is -0.480 e. The number of rotatable bonds is 6. The number of nitrogens with one attached hydrogen (secondary N) is 1. The van der Waals surface area contributed by atoms with Crippen molar-refractivity contribution in [3.05, 3.63) is 65.7 Å². The van der Waals surface area contributed by atoms with E-state index in [0.29, 0.717) is 11.3 Å². The molecule has 2 aromatic rings. The second kappa shape index (κ2) is 7.26. The van der Waals surface area contributed by atoms with Gasteiger partial charge in [-0.1, -0.05) is 36.4 Å². The number of carboxylic acids is 1. The molecule has 0 unspecified atom stereocenters. The second-order valence-electron chi connectivity index (χ2n) is 4.85. The Labute approximate surface area is 128 Å². The topological polar surface area (TPSA) is 75.6 Å². The number of aliphatic carboxylic acids is 1. The lowest BCUT2D eigenvalue weighted by Crippen LogP contribution is -2.25. The summed E-state index contributed by atoms with van der Waals surface area (Å²) >= 11 is 0. The van der Waals surface area contributed by atoms with E-state index in [1.807, 2.05) is 30.3 Å². The Morgan fingerprint density at radius 1 is 1.14 bits per heavy atom. The van der Waals surface area contributed by atoms with E-state index < -0.39 is 18.0 Å². The van der Waals surface area contributed by atoms with Gasteiger partial charge in [0, 0.05) is 5.69 Å². The van der Waals surface area contributed by atoms with Crippen molar-refractivity contribution >= 4 is 17.6 Å². The Balaban J connectivity index is 1.99.